The number of pyridine rings is 1. The van der Waals surface area contributed by atoms with Crippen LogP contribution in [0.3, 0.4) is 0 Å². The molecule has 6 heteroatoms. The highest BCUT2D eigenvalue weighted by molar-refractivity contribution is 6.31. The average Bonchev–Trinajstić information content (AvgIpc) is 2.42. The second-order valence-electron chi connectivity index (χ2n) is 4.09. The summed E-state index contributed by atoms with van der Waals surface area (Å²) in [7, 11) is 0. The molecule has 0 aliphatic heterocycles. The number of hydrogen-bond acceptors (Lipinski definition) is 3. The van der Waals surface area contributed by atoms with Gasteiger partial charge >= 0.3 is 0 Å². The van der Waals surface area contributed by atoms with E-state index in [1.165, 1.54) is 6.07 Å². The van der Waals surface area contributed by atoms with Gasteiger partial charge in [0.2, 0.25) is 5.88 Å². The second kappa shape index (κ2) is 6.63. The van der Waals surface area contributed by atoms with Crippen LogP contribution in [0.2, 0.25) is 5.02 Å². The molecule has 0 spiro atoms. The van der Waals surface area contributed by atoms with Crippen molar-refractivity contribution in [3.63, 3.8) is 0 Å². The van der Waals surface area contributed by atoms with Gasteiger partial charge in [-0.15, -0.1) is 0 Å². The maximum absolute atomic E-state index is 13.5. The van der Waals surface area contributed by atoms with Crippen LogP contribution in [0, 0.1) is 11.6 Å². The molecule has 3 nitrogen and oxygen atoms in total. The van der Waals surface area contributed by atoms with Gasteiger partial charge in [0.15, 0.2) is 11.6 Å². The first-order valence-corrected chi connectivity index (χ1v) is 6.46. The normalized spacial score (nSPS) is 10.6. The number of ether oxygens (including phenoxy) is 1. The van der Waals surface area contributed by atoms with Crippen LogP contribution in [0.1, 0.15) is 12.5 Å². The lowest BCUT2D eigenvalue weighted by Gasteiger charge is -2.09. The van der Waals surface area contributed by atoms with Gasteiger partial charge in [0, 0.05) is 18.8 Å². The van der Waals surface area contributed by atoms with E-state index in [-0.39, 0.29) is 16.7 Å². The van der Waals surface area contributed by atoms with Gasteiger partial charge in [-0.1, -0.05) is 18.5 Å². The molecule has 0 bridgehead atoms. The molecule has 0 saturated carbocycles. The number of rotatable bonds is 5. The summed E-state index contributed by atoms with van der Waals surface area (Å²) in [6, 6.07) is 4.72. The van der Waals surface area contributed by atoms with E-state index in [1.807, 2.05) is 6.92 Å². The van der Waals surface area contributed by atoms with Gasteiger partial charge in [-0.05, 0) is 30.3 Å². The molecule has 0 amide bonds. The van der Waals surface area contributed by atoms with Crippen LogP contribution < -0.4 is 10.1 Å². The van der Waals surface area contributed by atoms with Gasteiger partial charge < -0.3 is 10.1 Å². The molecule has 0 fully saturated rings. The highest BCUT2D eigenvalue weighted by Gasteiger charge is 2.10. The van der Waals surface area contributed by atoms with Gasteiger partial charge in [0.05, 0.1) is 0 Å². The molecule has 0 unspecified atom stereocenters. The summed E-state index contributed by atoms with van der Waals surface area (Å²) in [4.78, 5) is 4.04. The average molecular weight is 299 g/mol. The molecule has 1 aromatic heterocycles. The van der Waals surface area contributed by atoms with Crippen LogP contribution in [-0.2, 0) is 6.54 Å². The Hall–Kier alpha value is -1.72. The zero-order valence-electron chi connectivity index (χ0n) is 10.8. The molecule has 0 aliphatic rings. The van der Waals surface area contributed by atoms with Gasteiger partial charge in [-0.25, -0.2) is 13.8 Å². The van der Waals surface area contributed by atoms with Crippen molar-refractivity contribution in [1.82, 2.24) is 10.3 Å². The first kappa shape index (κ1) is 14.7. The van der Waals surface area contributed by atoms with E-state index in [9.17, 15) is 8.78 Å². The molecule has 1 aromatic carbocycles. The SMILES string of the molecule is CCNCc1cnc(Oc2ccc(F)cc2F)c(Cl)c1. The molecule has 20 heavy (non-hydrogen) atoms. The van der Waals surface area contributed by atoms with Crippen LogP contribution in [0.25, 0.3) is 0 Å². The summed E-state index contributed by atoms with van der Waals surface area (Å²) >= 11 is 6.03. The van der Waals surface area contributed by atoms with Crippen molar-refractivity contribution in [2.24, 2.45) is 0 Å². The third kappa shape index (κ3) is 3.65. The minimum Gasteiger partial charge on any atom is -0.434 e. The quantitative estimate of drug-likeness (QED) is 0.908. The largest absolute Gasteiger partial charge is 0.434 e. The topological polar surface area (TPSA) is 34.2 Å². The lowest BCUT2D eigenvalue weighted by molar-refractivity contribution is 0.423. The summed E-state index contributed by atoms with van der Waals surface area (Å²) < 4.78 is 31.5. The number of halogens is 3. The summed E-state index contributed by atoms with van der Waals surface area (Å²) in [6.45, 7) is 3.45. The van der Waals surface area contributed by atoms with Crippen molar-refractivity contribution in [3.8, 4) is 11.6 Å². The minimum atomic E-state index is -0.806. The molecule has 1 N–H and O–H groups in total. The number of aromatic nitrogens is 1. The Morgan fingerprint density at radius 1 is 1.30 bits per heavy atom. The van der Waals surface area contributed by atoms with Crippen LogP contribution in [0.4, 0.5) is 8.78 Å². The van der Waals surface area contributed by atoms with Gasteiger partial charge in [-0.2, -0.15) is 0 Å². The van der Waals surface area contributed by atoms with E-state index in [4.69, 9.17) is 16.3 Å². The molecule has 0 radical (unpaired) electrons. The van der Waals surface area contributed by atoms with E-state index < -0.39 is 11.6 Å². The van der Waals surface area contributed by atoms with Crippen molar-refractivity contribution in [2.75, 3.05) is 6.54 Å². The zero-order chi connectivity index (χ0) is 14.5. The minimum absolute atomic E-state index is 0.0809. The Morgan fingerprint density at radius 2 is 2.10 bits per heavy atom. The van der Waals surface area contributed by atoms with E-state index >= 15 is 0 Å². The highest BCUT2D eigenvalue weighted by atomic mass is 35.5. The van der Waals surface area contributed by atoms with E-state index in [1.54, 1.807) is 12.3 Å². The molecule has 0 aliphatic carbocycles. The molecule has 0 saturated heterocycles. The number of nitrogens with one attached hydrogen (secondary N) is 1. The van der Waals surface area contributed by atoms with Crippen LogP contribution in [-0.4, -0.2) is 11.5 Å². The number of hydrogen-bond donors (Lipinski definition) is 1. The summed E-state index contributed by atoms with van der Waals surface area (Å²) in [5.41, 5.74) is 0.892. The van der Waals surface area contributed by atoms with Crippen molar-refractivity contribution < 1.29 is 13.5 Å². The Morgan fingerprint density at radius 3 is 2.75 bits per heavy atom. The molecule has 1 heterocycles. The molecule has 106 valence electrons. The van der Waals surface area contributed by atoms with Crippen LogP contribution in [0.15, 0.2) is 30.5 Å². The smallest absolute Gasteiger partial charge is 0.238 e. The Bertz CT molecular complexity index is 608. The van der Waals surface area contributed by atoms with Crippen molar-refractivity contribution in [2.45, 2.75) is 13.5 Å². The number of nitrogens with zero attached hydrogens (tertiary/aromatic N) is 1. The monoisotopic (exact) mass is 298 g/mol. The summed E-state index contributed by atoms with van der Waals surface area (Å²) in [5, 5.41) is 3.40. The first-order valence-electron chi connectivity index (χ1n) is 6.08. The van der Waals surface area contributed by atoms with E-state index in [0.717, 1.165) is 24.2 Å². The standard InChI is InChI=1S/C14H13ClF2N2O/c1-2-18-7-9-5-11(15)14(19-8-9)20-13-4-3-10(16)6-12(13)17/h3-6,8,18H,2,7H2,1H3. The number of benzene rings is 1. The summed E-state index contributed by atoms with van der Waals surface area (Å²) in [5.74, 6) is -1.52. The van der Waals surface area contributed by atoms with Crippen molar-refractivity contribution >= 4 is 11.6 Å². The van der Waals surface area contributed by atoms with Gasteiger partial charge in [0.25, 0.3) is 0 Å². The fourth-order valence-electron chi connectivity index (χ4n) is 1.57. The maximum atomic E-state index is 13.5. The second-order valence-corrected chi connectivity index (χ2v) is 4.49. The maximum Gasteiger partial charge on any atom is 0.238 e. The fourth-order valence-corrected chi connectivity index (χ4v) is 1.80. The van der Waals surface area contributed by atoms with Crippen LogP contribution in [0.5, 0.6) is 11.6 Å². The van der Waals surface area contributed by atoms with Crippen molar-refractivity contribution in [1.29, 1.82) is 0 Å². The first-order chi connectivity index (χ1) is 9.60. The van der Waals surface area contributed by atoms with Gasteiger partial charge in [-0.3, -0.25) is 0 Å². The molecule has 2 aromatic rings. The third-order valence-electron chi connectivity index (χ3n) is 2.54. The van der Waals surface area contributed by atoms with Crippen molar-refractivity contribution in [3.05, 3.63) is 52.7 Å². The van der Waals surface area contributed by atoms with Gasteiger partial charge in [0.1, 0.15) is 10.8 Å². The Kier molecular flexibility index (Phi) is 4.87. The molecule has 0 atom stereocenters. The predicted molar refractivity (Wildman–Crippen MR) is 73.1 cm³/mol. The lowest BCUT2D eigenvalue weighted by Crippen LogP contribution is -2.11. The third-order valence-corrected chi connectivity index (χ3v) is 2.81. The van der Waals surface area contributed by atoms with E-state index in [0.29, 0.717) is 6.54 Å². The van der Waals surface area contributed by atoms with Crippen LogP contribution >= 0.6 is 11.6 Å². The van der Waals surface area contributed by atoms with E-state index in [2.05, 4.69) is 10.3 Å². The predicted octanol–water partition coefficient (Wildman–Crippen LogP) is 3.92. The summed E-state index contributed by atoms with van der Waals surface area (Å²) in [6.07, 6.45) is 1.59. The lowest BCUT2D eigenvalue weighted by atomic mass is 10.3. The Labute approximate surface area is 120 Å². The molecule has 2 rings (SSSR count). The fraction of sp³-hybridized carbons (Fsp3) is 0.214. The zero-order valence-corrected chi connectivity index (χ0v) is 11.5. The molecular formula is C14H13ClF2N2O. The Balaban J connectivity index is 2.17. The highest BCUT2D eigenvalue weighted by Crippen LogP contribution is 2.29. The molecular weight excluding hydrogens is 286 g/mol.